The number of hydrogen-bond donors (Lipinski definition) is 0. The molecule has 128 valence electrons. The summed E-state index contributed by atoms with van der Waals surface area (Å²) in [5, 5.41) is 13.0. The summed E-state index contributed by atoms with van der Waals surface area (Å²) >= 11 is 6.33. The van der Waals surface area contributed by atoms with E-state index in [-0.39, 0.29) is 6.10 Å². The van der Waals surface area contributed by atoms with Crippen LogP contribution in [0.15, 0.2) is 48.5 Å². The van der Waals surface area contributed by atoms with Crippen molar-refractivity contribution in [1.82, 2.24) is 20.2 Å². The maximum absolute atomic E-state index is 6.33. The van der Waals surface area contributed by atoms with Crippen molar-refractivity contribution in [3.63, 3.8) is 0 Å². The molecule has 0 spiro atoms. The first-order valence-corrected chi connectivity index (χ1v) is 8.56. The SMILES string of the molecule is Cc1ccc(-n2nnnc2N2CCOC(c3ccccc3Cl)C2)cc1. The average Bonchev–Trinajstić information content (AvgIpc) is 3.13. The highest BCUT2D eigenvalue weighted by atomic mass is 35.5. The third-order valence-corrected chi connectivity index (χ3v) is 4.68. The smallest absolute Gasteiger partial charge is 0.250 e. The summed E-state index contributed by atoms with van der Waals surface area (Å²) in [7, 11) is 0. The van der Waals surface area contributed by atoms with Crippen LogP contribution < -0.4 is 4.90 Å². The average molecular weight is 356 g/mol. The summed E-state index contributed by atoms with van der Waals surface area (Å²) in [5.41, 5.74) is 3.12. The third-order valence-electron chi connectivity index (χ3n) is 4.33. The summed E-state index contributed by atoms with van der Waals surface area (Å²) in [6, 6.07) is 15.9. The lowest BCUT2D eigenvalue weighted by molar-refractivity contribution is 0.0391. The van der Waals surface area contributed by atoms with Crippen LogP contribution in [0.3, 0.4) is 0 Å². The van der Waals surface area contributed by atoms with Crippen LogP contribution in [-0.2, 0) is 4.74 Å². The Morgan fingerprint density at radius 3 is 2.72 bits per heavy atom. The van der Waals surface area contributed by atoms with Crippen LogP contribution in [0.2, 0.25) is 5.02 Å². The van der Waals surface area contributed by atoms with Crippen molar-refractivity contribution in [3.05, 3.63) is 64.7 Å². The summed E-state index contributed by atoms with van der Waals surface area (Å²) in [5.74, 6) is 0.712. The fourth-order valence-corrected chi connectivity index (χ4v) is 3.25. The Labute approximate surface area is 151 Å². The molecule has 1 aliphatic rings. The molecule has 1 fully saturated rings. The molecule has 1 aliphatic heterocycles. The molecule has 0 aliphatic carbocycles. The van der Waals surface area contributed by atoms with Crippen molar-refractivity contribution >= 4 is 17.5 Å². The highest BCUT2D eigenvalue weighted by Gasteiger charge is 2.27. The van der Waals surface area contributed by atoms with Crippen LogP contribution in [0.1, 0.15) is 17.2 Å². The number of tetrazole rings is 1. The van der Waals surface area contributed by atoms with Gasteiger partial charge in [0, 0.05) is 17.1 Å². The largest absolute Gasteiger partial charge is 0.370 e. The van der Waals surface area contributed by atoms with Gasteiger partial charge < -0.3 is 9.64 Å². The van der Waals surface area contributed by atoms with Gasteiger partial charge in [-0.15, -0.1) is 0 Å². The number of morpholine rings is 1. The van der Waals surface area contributed by atoms with Crippen molar-refractivity contribution in [2.75, 3.05) is 24.6 Å². The lowest BCUT2D eigenvalue weighted by atomic mass is 10.1. The van der Waals surface area contributed by atoms with E-state index < -0.39 is 0 Å². The molecular formula is C18H18ClN5O. The molecule has 1 aromatic heterocycles. The molecule has 0 N–H and O–H groups in total. The molecule has 4 rings (SSSR count). The van der Waals surface area contributed by atoms with E-state index in [0.717, 1.165) is 17.8 Å². The van der Waals surface area contributed by atoms with Crippen LogP contribution in [-0.4, -0.2) is 39.9 Å². The lowest BCUT2D eigenvalue weighted by Crippen LogP contribution is -2.40. The first kappa shape index (κ1) is 16.1. The number of benzene rings is 2. The predicted octanol–water partition coefficient (Wildman–Crippen LogP) is 3.20. The Morgan fingerprint density at radius 1 is 1.12 bits per heavy atom. The molecule has 2 aromatic carbocycles. The Kier molecular flexibility index (Phi) is 4.38. The molecular weight excluding hydrogens is 338 g/mol. The second kappa shape index (κ2) is 6.82. The molecule has 3 aromatic rings. The maximum atomic E-state index is 6.33. The molecule has 2 heterocycles. The van der Waals surface area contributed by atoms with E-state index in [4.69, 9.17) is 16.3 Å². The summed E-state index contributed by atoms with van der Waals surface area (Å²) < 4.78 is 7.69. The zero-order valence-corrected chi connectivity index (χ0v) is 14.6. The Bertz CT molecular complexity index is 864. The van der Waals surface area contributed by atoms with Crippen LogP contribution >= 0.6 is 11.6 Å². The van der Waals surface area contributed by atoms with Gasteiger partial charge in [0.2, 0.25) is 0 Å². The van der Waals surface area contributed by atoms with Crippen molar-refractivity contribution in [3.8, 4) is 5.69 Å². The lowest BCUT2D eigenvalue weighted by Gasteiger charge is -2.33. The molecule has 1 atom stereocenters. The molecule has 0 saturated carbocycles. The van der Waals surface area contributed by atoms with Gasteiger partial charge in [-0.3, -0.25) is 0 Å². The monoisotopic (exact) mass is 355 g/mol. The topological polar surface area (TPSA) is 56.1 Å². The molecule has 7 heteroatoms. The minimum absolute atomic E-state index is 0.106. The highest BCUT2D eigenvalue weighted by Crippen LogP contribution is 2.30. The number of aromatic nitrogens is 4. The van der Waals surface area contributed by atoms with E-state index in [1.54, 1.807) is 4.68 Å². The summed E-state index contributed by atoms with van der Waals surface area (Å²) in [6.07, 6.45) is -0.106. The normalized spacial score (nSPS) is 17.7. The number of nitrogens with zero attached hydrogens (tertiary/aromatic N) is 5. The van der Waals surface area contributed by atoms with Gasteiger partial charge in [-0.2, -0.15) is 4.68 Å². The number of ether oxygens (including phenoxy) is 1. The van der Waals surface area contributed by atoms with Crippen molar-refractivity contribution in [2.24, 2.45) is 0 Å². The van der Waals surface area contributed by atoms with Gasteiger partial charge in [-0.1, -0.05) is 52.6 Å². The first-order chi connectivity index (χ1) is 12.2. The van der Waals surface area contributed by atoms with Crippen molar-refractivity contribution in [2.45, 2.75) is 13.0 Å². The number of halogens is 1. The van der Waals surface area contributed by atoms with Gasteiger partial charge in [0.05, 0.1) is 18.8 Å². The standard InChI is InChI=1S/C18H18ClN5O/c1-13-6-8-14(9-7-13)24-18(20-21-22-24)23-10-11-25-17(12-23)15-4-2-3-5-16(15)19/h2-9,17H,10-12H2,1H3. The zero-order chi connectivity index (χ0) is 17.2. The number of hydrogen-bond acceptors (Lipinski definition) is 5. The quantitative estimate of drug-likeness (QED) is 0.722. The maximum Gasteiger partial charge on any atom is 0.250 e. The van der Waals surface area contributed by atoms with Gasteiger partial charge >= 0.3 is 0 Å². The van der Waals surface area contributed by atoms with Crippen LogP contribution in [0.4, 0.5) is 5.95 Å². The van der Waals surface area contributed by atoms with Crippen LogP contribution in [0, 0.1) is 6.92 Å². The summed E-state index contributed by atoms with van der Waals surface area (Å²) in [6.45, 7) is 4.03. The Balaban J connectivity index is 1.61. The molecule has 25 heavy (non-hydrogen) atoms. The van der Waals surface area contributed by atoms with Crippen LogP contribution in [0.25, 0.3) is 5.69 Å². The molecule has 0 bridgehead atoms. The van der Waals surface area contributed by atoms with Gasteiger partial charge in [0.15, 0.2) is 0 Å². The molecule has 6 nitrogen and oxygen atoms in total. The third kappa shape index (κ3) is 3.23. The van der Waals surface area contributed by atoms with E-state index in [2.05, 4.69) is 27.3 Å². The van der Waals surface area contributed by atoms with E-state index in [0.29, 0.717) is 24.1 Å². The van der Waals surface area contributed by atoms with Gasteiger partial charge in [0.1, 0.15) is 6.10 Å². The minimum Gasteiger partial charge on any atom is -0.370 e. The van der Waals surface area contributed by atoms with E-state index in [1.807, 2.05) is 48.5 Å². The molecule has 0 amide bonds. The molecule has 1 saturated heterocycles. The second-order valence-electron chi connectivity index (χ2n) is 6.05. The summed E-state index contributed by atoms with van der Waals surface area (Å²) in [4.78, 5) is 2.14. The molecule has 1 unspecified atom stereocenters. The first-order valence-electron chi connectivity index (χ1n) is 8.19. The number of rotatable bonds is 3. The Morgan fingerprint density at radius 2 is 1.92 bits per heavy atom. The van der Waals surface area contributed by atoms with Gasteiger partial charge in [-0.05, 0) is 35.5 Å². The second-order valence-corrected chi connectivity index (χ2v) is 6.46. The zero-order valence-electron chi connectivity index (χ0n) is 13.8. The van der Waals surface area contributed by atoms with Crippen molar-refractivity contribution in [1.29, 1.82) is 0 Å². The van der Waals surface area contributed by atoms with E-state index in [9.17, 15) is 0 Å². The van der Waals surface area contributed by atoms with E-state index >= 15 is 0 Å². The number of anilines is 1. The minimum atomic E-state index is -0.106. The predicted molar refractivity (Wildman–Crippen MR) is 96.2 cm³/mol. The van der Waals surface area contributed by atoms with E-state index in [1.165, 1.54) is 5.56 Å². The van der Waals surface area contributed by atoms with Crippen molar-refractivity contribution < 1.29 is 4.74 Å². The van der Waals surface area contributed by atoms with Crippen LogP contribution in [0.5, 0.6) is 0 Å². The molecule has 0 radical (unpaired) electrons. The van der Waals surface area contributed by atoms with Gasteiger partial charge in [-0.25, -0.2) is 0 Å². The number of aryl methyl sites for hydroxylation is 1. The fraction of sp³-hybridized carbons (Fsp3) is 0.278. The highest BCUT2D eigenvalue weighted by molar-refractivity contribution is 6.31. The fourth-order valence-electron chi connectivity index (χ4n) is 2.99. The Hall–Kier alpha value is -2.44. The van der Waals surface area contributed by atoms with Gasteiger partial charge in [0.25, 0.3) is 5.95 Å².